The van der Waals surface area contributed by atoms with E-state index >= 15 is 0 Å². The summed E-state index contributed by atoms with van der Waals surface area (Å²) in [6.07, 6.45) is 6.40. The fourth-order valence-electron chi connectivity index (χ4n) is 5.43. The number of hydrogen-bond donors (Lipinski definition) is 1. The van der Waals surface area contributed by atoms with Crippen molar-refractivity contribution in [3.8, 4) is 0 Å². The molecule has 2 heterocycles. The number of amides is 1. The van der Waals surface area contributed by atoms with Crippen molar-refractivity contribution in [3.05, 3.63) is 75.1 Å². The standard InChI is InChI=1S/C28H32N2O6S/c1-34-24-12-11-19-15-30(23(28(32)33)13-22(19)26(24)35-16-21-14-29-17-37-21)27(31)25(18-7-3-2-4-8-18)36-20-9-5-6-10-20/h2-4,7-8,14,17,20,23,25H,5-6,9-13,15-16H2,1H3,(H,32,33)/t23-,25-/m0/s1. The lowest BCUT2D eigenvalue weighted by Gasteiger charge is -2.40. The molecule has 5 rings (SSSR count). The van der Waals surface area contributed by atoms with Gasteiger partial charge in [0.05, 0.1) is 23.6 Å². The molecule has 0 unspecified atom stereocenters. The predicted octanol–water partition coefficient (Wildman–Crippen LogP) is 4.99. The van der Waals surface area contributed by atoms with Crippen LogP contribution in [0.5, 0.6) is 0 Å². The Morgan fingerprint density at radius 3 is 2.65 bits per heavy atom. The van der Waals surface area contributed by atoms with Gasteiger partial charge in [0.15, 0.2) is 11.9 Å². The number of thiazole rings is 1. The average molecular weight is 525 g/mol. The quantitative estimate of drug-likeness (QED) is 0.493. The van der Waals surface area contributed by atoms with E-state index in [4.69, 9.17) is 14.2 Å². The number of ether oxygens (including phenoxy) is 3. The molecule has 1 aliphatic heterocycles. The molecule has 37 heavy (non-hydrogen) atoms. The van der Waals surface area contributed by atoms with Crippen molar-refractivity contribution in [2.24, 2.45) is 0 Å². The van der Waals surface area contributed by atoms with Gasteiger partial charge in [-0.15, -0.1) is 11.3 Å². The molecular formula is C28H32N2O6S. The minimum absolute atomic E-state index is 0.00520. The smallest absolute Gasteiger partial charge is 0.326 e. The van der Waals surface area contributed by atoms with E-state index in [2.05, 4.69) is 4.98 Å². The van der Waals surface area contributed by atoms with Gasteiger partial charge < -0.3 is 24.2 Å². The predicted molar refractivity (Wildman–Crippen MR) is 137 cm³/mol. The number of allylic oxidation sites excluding steroid dienone is 2. The number of carbonyl (C=O) groups is 2. The molecular weight excluding hydrogens is 492 g/mol. The first-order chi connectivity index (χ1) is 18.0. The molecule has 1 N–H and O–H groups in total. The van der Waals surface area contributed by atoms with Gasteiger partial charge >= 0.3 is 5.97 Å². The summed E-state index contributed by atoms with van der Waals surface area (Å²) >= 11 is 1.50. The van der Waals surface area contributed by atoms with Crippen LogP contribution in [-0.2, 0) is 30.4 Å². The highest BCUT2D eigenvalue weighted by atomic mass is 32.1. The van der Waals surface area contributed by atoms with E-state index in [1.165, 1.54) is 16.2 Å². The molecule has 1 aromatic carbocycles. The first-order valence-corrected chi connectivity index (χ1v) is 13.7. The van der Waals surface area contributed by atoms with Crippen LogP contribution in [0.4, 0.5) is 0 Å². The molecule has 1 fully saturated rings. The lowest BCUT2D eigenvalue weighted by Crippen LogP contribution is -2.51. The van der Waals surface area contributed by atoms with Crippen LogP contribution in [0.25, 0.3) is 0 Å². The maximum absolute atomic E-state index is 14.0. The number of benzene rings is 1. The van der Waals surface area contributed by atoms with Crippen LogP contribution in [0.15, 0.2) is 64.7 Å². The van der Waals surface area contributed by atoms with E-state index in [0.717, 1.165) is 47.3 Å². The molecule has 2 aromatic rings. The maximum Gasteiger partial charge on any atom is 0.326 e. The van der Waals surface area contributed by atoms with E-state index in [0.29, 0.717) is 31.0 Å². The summed E-state index contributed by atoms with van der Waals surface area (Å²) in [5, 5.41) is 10.2. The van der Waals surface area contributed by atoms with Gasteiger partial charge in [-0.3, -0.25) is 9.78 Å². The van der Waals surface area contributed by atoms with Gasteiger partial charge in [-0.2, -0.15) is 0 Å². The number of aliphatic carboxylic acids is 1. The molecule has 0 bridgehead atoms. The fraction of sp³-hybridized carbons (Fsp3) is 0.464. The summed E-state index contributed by atoms with van der Waals surface area (Å²) in [6, 6.07) is 8.38. The normalized spacial score (nSPS) is 21.1. The van der Waals surface area contributed by atoms with Crippen LogP contribution in [0, 0.1) is 0 Å². The Morgan fingerprint density at radius 1 is 1.19 bits per heavy atom. The molecule has 1 amide bonds. The number of hydrogen-bond acceptors (Lipinski definition) is 7. The topological polar surface area (TPSA) is 98.2 Å². The molecule has 2 aliphatic carbocycles. The van der Waals surface area contributed by atoms with Crippen LogP contribution in [0.3, 0.4) is 0 Å². The lowest BCUT2D eigenvalue weighted by atomic mass is 9.85. The molecule has 1 saturated carbocycles. The lowest BCUT2D eigenvalue weighted by molar-refractivity contribution is -0.159. The van der Waals surface area contributed by atoms with Crippen molar-refractivity contribution in [1.82, 2.24) is 9.88 Å². The van der Waals surface area contributed by atoms with Crippen molar-refractivity contribution in [1.29, 1.82) is 0 Å². The second-order valence-corrected chi connectivity index (χ2v) is 10.6. The van der Waals surface area contributed by atoms with E-state index in [-0.39, 0.29) is 25.0 Å². The van der Waals surface area contributed by atoms with Crippen molar-refractivity contribution in [2.45, 2.75) is 69.8 Å². The van der Waals surface area contributed by atoms with Gasteiger partial charge in [-0.05, 0) is 30.4 Å². The molecule has 3 aliphatic rings. The van der Waals surface area contributed by atoms with Crippen molar-refractivity contribution in [2.75, 3.05) is 13.7 Å². The number of rotatable bonds is 9. The Balaban J connectivity index is 1.44. The molecule has 2 atom stereocenters. The van der Waals surface area contributed by atoms with Crippen molar-refractivity contribution < 1.29 is 28.9 Å². The van der Waals surface area contributed by atoms with E-state index in [1.807, 2.05) is 30.3 Å². The summed E-state index contributed by atoms with van der Waals surface area (Å²) in [6.45, 7) is 0.558. The fourth-order valence-corrected chi connectivity index (χ4v) is 5.94. The first kappa shape index (κ1) is 25.5. The third kappa shape index (κ3) is 5.57. The number of nitrogens with zero attached hydrogens (tertiary/aromatic N) is 2. The number of methoxy groups -OCH3 is 1. The molecule has 0 radical (unpaired) electrons. The molecule has 0 spiro atoms. The first-order valence-electron chi connectivity index (χ1n) is 12.8. The molecule has 1 aromatic heterocycles. The zero-order valence-corrected chi connectivity index (χ0v) is 21.7. The summed E-state index contributed by atoms with van der Waals surface area (Å²) in [5.74, 6) is -0.0409. The third-order valence-corrected chi connectivity index (χ3v) is 8.11. The van der Waals surface area contributed by atoms with Gasteiger partial charge in [0.25, 0.3) is 5.91 Å². The Hall–Kier alpha value is -3.17. The van der Waals surface area contributed by atoms with E-state index in [1.54, 1.807) is 18.8 Å². The van der Waals surface area contributed by atoms with Gasteiger partial charge in [0, 0.05) is 31.2 Å². The highest BCUT2D eigenvalue weighted by molar-refractivity contribution is 7.09. The SMILES string of the molecule is COC1=C(OCc2cncs2)C2=C(CC1)CN(C(=O)[C@@H](OC1CCCC1)c1ccccc1)[C@H](C(=O)O)C2. The molecule has 8 nitrogen and oxygen atoms in total. The highest BCUT2D eigenvalue weighted by Crippen LogP contribution is 2.40. The minimum Gasteiger partial charge on any atom is -0.497 e. The van der Waals surface area contributed by atoms with E-state index < -0.39 is 18.1 Å². The minimum atomic E-state index is -1.04. The van der Waals surface area contributed by atoms with Crippen LogP contribution >= 0.6 is 11.3 Å². The largest absolute Gasteiger partial charge is 0.497 e. The number of carbonyl (C=O) groups excluding carboxylic acids is 1. The van der Waals surface area contributed by atoms with Crippen molar-refractivity contribution in [3.63, 3.8) is 0 Å². The zero-order valence-electron chi connectivity index (χ0n) is 20.9. The monoisotopic (exact) mass is 524 g/mol. The number of carboxylic acid groups (broad SMARTS) is 1. The average Bonchev–Trinajstić information content (AvgIpc) is 3.64. The Bertz CT molecular complexity index is 1170. The Labute approximate surface area is 220 Å². The van der Waals surface area contributed by atoms with Crippen LogP contribution in [-0.4, -0.2) is 52.7 Å². The third-order valence-electron chi connectivity index (χ3n) is 7.36. The highest BCUT2D eigenvalue weighted by Gasteiger charge is 2.42. The van der Waals surface area contributed by atoms with Crippen LogP contribution < -0.4 is 0 Å². The molecule has 9 heteroatoms. The molecule has 0 saturated heterocycles. The van der Waals surface area contributed by atoms with Crippen LogP contribution in [0.1, 0.15) is 61.5 Å². The zero-order chi connectivity index (χ0) is 25.8. The van der Waals surface area contributed by atoms with Gasteiger partial charge in [0.1, 0.15) is 18.4 Å². The van der Waals surface area contributed by atoms with Gasteiger partial charge in [0.2, 0.25) is 0 Å². The maximum atomic E-state index is 14.0. The Kier molecular flexibility index (Phi) is 7.90. The van der Waals surface area contributed by atoms with Crippen LogP contribution in [0.2, 0.25) is 0 Å². The summed E-state index contributed by atoms with van der Waals surface area (Å²) in [7, 11) is 1.61. The summed E-state index contributed by atoms with van der Waals surface area (Å²) in [5.41, 5.74) is 4.34. The summed E-state index contributed by atoms with van der Waals surface area (Å²) in [4.78, 5) is 33.1. The van der Waals surface area contributed by atoms with Gasteiger partial charge in [-0.1, -0.05) is 43.2 Å². The number of aromatic nitrogens is 1. The second kappa shape index (κ2) is 11.5. The second-order valence-electron chi connectivity index (χ2n) is 9.65. The summed E-state index contributed by atoms with van der Waals surface area (Å²) < 4.78 is 18.2. The van der Waals surface area contributed by atoms with E-state index in [9.17, 15) is 14.7 Å². The number of carboxylic acids is 1. The molecule has 196 valence electrons. The van der Waals surface area contributed by atoms with Crippen molar-refractivity contribution >= 4 is 23.2 Å². The van der Waals surface area contributed by atoms with Gasteiger partial charge in [-0.25, -0.2) is 4.79 Å². The Morgan fingerprint density at radius 2 is 1.97 bits per heavy atom.